The van der Waals surface area contributed by atoms with Crippen LogP contribution in [-0.2, 0) is 5.41 Å². The molecule has 3 aromatic rings. The molecule has 0 saturated heterocycles. The van der Waals surface area contributed by atoms with Crippen molar-refractivity contribution in [2.45, 2.75) is 26.2 Å². The minimum Gasteiger partial charge on any atom is -0.398 e. The van der Waals surface area contributed by atoms with Gasteiger partial charge in [-0.2, -0.15) is 0 Å². The molecule has 0 atom stereocenters. The number of hydrogen-bond donors (Lipinski definition) is 1. The standard InChI is InChI=1S/C18H18FN3.ClH/c1-18(2,3)16-12-6-4-5-7-15(12)21-17(22-16)13-10-11(19)8-9-14(13)20;/h4-10H,20H2,1-3H3;1H/p+1. The van der Waals surface area contributed by atoms with Gasteiger partial charge in [-0.05, 0) is 35.3 Å². The largest absolute Gasteiger partial charge is 0.398 e. The summed E-state index contributed by atoms with van der Waals surface area (Å²) >= 11 is 0. The topological polar surface area (TPSA) is 53.0 Å². The van der Waals surface area contributed by atoms with E-state index in [4.69, 9.17) is 10.7 Å². The van der Waals surface area contributed by atoms with E-state index >= 15 is 0 Å². The van der Waals surface area contributed by atoms with Crippen LogP contribution in [0.4, 0.5) is 10.1 Å². The third-order valence-corrected chi connectivity index (χ3v) is 3.64. The Morgan fingerprint density at radius 1 is 1.09 bits per heavy atom. The average Bonchev–Trinajstić information content (AvgIpc) is 2.47. The van der Waals surface area contributed by atoms with E-state index in [0.29, 0.717) is 17.1 Å². The number of nitrogens with zero attached hydrogens (tertiary/aromatic N) is 1. The van der Waals surface area contributed by atoms with Crippen LogP contribution in [0.5, 0.6) is 0 Å². The molecule has 0 radical (unpaired) electrons. The first-order valence-corrected chi connectivity index (χ1v) is 7.24. The molecule has 2 aromatic carbocycles. The zero-order valence-electron chi connectivity index (χ0n) is 13.4. The van der Waals surface area contributed by atoms with E-state index in [1.165, 1.54) is 12.1 Å². The summed E-state index contributed by atoms with van der Waals surface area (Å²) in [6, 6.07) is 12.3. The van der Waals surface area contributed by atoms with Crippen molar-refractivity contribution >= 4 is 29.0 Å². The molecule has 0 aliphatic carbocycles. The smallest absolute Gasteiger partial charge is 0.331 e. The number of nitrogen functional groups attached to an aromatic ring is 1. The van der Waals surface area contributed by atoms with Crippen molar-refractivity contribution in [2.75, 3.05) is 5.73 Å². The average molecular weight is 333 g/mol. The Labute approximate surface area is 141 Å². The fourth-order valence-electron chi connectivity index (χ4n) is 2.56. The summed E-state index contributed by atoms with van der Waals surface area (Å²) in [4.78, 5) is 8.01. The van der Waals surface area contributed by atoms with Gasteiger partial charge in [0.2, 0.25) is 0 Å². The molecule has 23 heavy (non-hydrogen) atoms. The number of halogens is 2. The predicted octanol–water partition coefficient (Wildman–Crippen LogP) is 4.16. The summed E-state index contributed by atoms with van der Waals surface area (Å²) in [6.45, 7) is 6.33. The van der Waals surface area contributed by atoms with Crippen LogP contribution in [0.15, 0.2) is 42.5 Å². The van der Waals surface area contributed by atoms with E-state index in [0.717, 1.165) is 16.6 Å². The number of nitrogens with one attached hydrogen (secondary N) is 1. The van der Waals surface area contributed by atoms with Gasteiger partial charge in [0.15, 0.2) is 5.69 Å². The summed E-state index contributed by atoms with van der Waals surface area (Å²) in [5.41, 5.74) is 8.86. The minimum atomic E-state index is -0.329. The number of anilines is 1. The van der Waals surface area contributed by atoms with Crippen LogP contribution in [0, 0.1) is 5.82 Å². The summed E-state index contributed by atoms with van der Waals surface area (Å²) in [6.07, 6.45) is 0. The lowest BCUT2D eigenvalue weighted by atomic mass is 9.89. The van der Waals surface area contributed by atoms with E-state index in [9.17, 15) is 4.39 Å². The van der Waals surface area contributed by atoms with Gasteiger partial charge in [-0.25, -0.2) is 9.37 Å². The molecule has 0 spiro atoms. The molecule has 0 aliphatic heterocycles. The normalized spacial score (nSPS) is 11.3. The van der Waals surface area contributed by atoms with Gasteiger partial charge < -0.3 is 5.73 Å². The highest BCUT2D eigenvalue weighted by molar-refractivity contribution is 5.85. The highest BCUT2D eigenvalue weighted by Crippen LogP contribution is 2.30. The SMILES string of the molecule is CC(C)(C)c1nc(-c2cc(F)ccc2N)[nH+]c2ccccc12.Cl. The number of aromatic amines is 1. The number of H-pyrrole nitrogens is 1. The van der Waals surface area contributed by atoms with Crippen molar-refractivity contribution in [1.82, 2.24) is 4.98 Å². The molecule has 120 valence electrons. The Morgan fingerprint density at radius 2 is 1.78 bits per heavy atom. The zero-order chi connectivity index (χ0) is 15.9. The molecule has 0 fully saturated rings. The molecular formula is C18H20ClFN3+. The van der Waals surface area contributed by atoms with E-state index in [1.54, 1.807) is 6.07 Å². The van der Waals surface area contributed by atoms with Gasteiger partial charge in [-0.3, -0.25) is 0 Å². The van der Waals surface area contributed by atoms with E-state index in [2.05, 4.69) is 25.8 Å². The van der Waals surface area contributed by atoms with Gasteiger partial charge in [-0.15, -0.1) is 12.4 Å². The first-order valence-electron chi connectivity index (χ1n) is 7.24. The number of para-hydroxylation sites is 1. The van der Waals surface area contributed by atoms with Crippen LogP contribution in [-0.4, -0.2) is 4.98 Å². The number of rotatable bonds is 1. The molecule has 5 heteroatoms. The maximum atomic E-state index is 13.6. The van der Waals surface area contributed by atoms with Gasteiger partial charge in [0.1, 0.15) is 11.3 Å². The van der Waals surface area contributed by atoms with E-state index in [1.807, 2.05) is 24.3 Å². The Balaban J connectivity index is 0.00000192. The third kappa shape index (κ3) is 3.27. The van der Waals surface area contributed by atoms with Crippen molar-refractivity contribution in [3.63, 3.8) is 0 Å². The maximum Gasteiger partial charge on any atom is 0.331 e. The van der Waals surface area contributed by atoms with Crippen molar-refractivity contribution in [2.24, 2.45) is 0 Å². The lowest BCUT2D eigenvalue weighted by molar-refractivity contribution is -0.335. The summed E-state index contributed by atoms with van der Waals surface area (Å²) in [5, 5.41) is 1.06. The Morgan fingerprint density at radius 3 is 2.48 bits per heavy atom. The van der Waals surface area contributed by atoms with Crippen molar-refractivity contribution in [3.8, 4) is 11.4 Å². The van der Waals surface area contributed by atoms with E-state index < -0.39 is 0 Å². The minimum absolute atomic E-state index is 0. The number of hydrogen-bond acceptors (Lipinski definition) is 2. The molecule has 3 rings (SSSR count). The molecule has 0 saturated carbocycles. The Kier molecular flexibility index (Phi) is 4.57. The third-order valence-electron chi connectivity index (χ3n) is 3.64. The molecule has 0 bridgehead atoms. The van der Waals surface area contributed by atoms with Crippen LogP contribution in [0.1, 0.15) is 26.5 Å². The lowest BCUT2D eigenvalue weighted by Gasteiger charge is -2.15. The molecule has 0 aliphatic rings. The second-order valence-corrected chi connectivity index (χ2v) is 6.46. The zero-order valence-corrected chi connectivity index (χ0v) is 14.2. The van der Waals surface area contributed by atoms with Gasteiger partial charge in [0, 0.05) is 11.1 Å². The second kappa shape index (κ2) is 6.13. The molecule has 1 aromatic heterocycles. The summed E-state index contributed by atoms with van der Waals surface area (Å²) < 4.78 is 13.6. The fourth-order valence-corrected chi connectivity index (χ4v) is 2.56. The van der Waals surface area contributed by atoms with Crippen molar-refractivity contribution in [1.29, 1.82) is 0 Å². The molecular weight excluding hydrogens is 313 g/mol. The van der Waals surface area contributed by atoms with Gasteiger partial charge >= 0.3 is 5.82 Å². The molecule has 3 N–H and O–H groups in total. The molecule has 0 unspecified atom stereocenters. The van der Waals surface area contributed by atoms with Crippen LogP contribution in [0.25, 0.3) is 22.3 Å². The highest BCUT2D eigenvalue weighted by atomic mass is 35.5. The summed E-state index contributed by atoms with van der Waals surface area (Å²) in [7, 11) is 0. The van der Waals surface area contributed by atoms with Crippen LogP contribution in [0.2, 0.25) is 0 Å². The number of aromatic nitrogens is 2. The van der Waals surface area contributed by atoms with Crippen LogP contribution < -0.4 is 10.7 Å². The Bertz CT molecular complexity index is 856. The van der Waals surface area contributed by atoms with E-state index in [-0.39, 0.29) is 23.6 Å². The number of nitrogens with two attached hydrogens (primary N) is 1. The van der Waals surface area contributed by atoms with Crippen LogP contribution in [0.3, 0.4) is 0 Å². The second-order valence-electron chi connectivity index (χ2n) is 6.46. The number of benzene rings is 2. The van der Waals surface area contributed by atoms with Gasteiger partial charge in [0.25, 0.3) is 0 Å². The monoisotopic (exact) mass is 332 g/mol. The van der Waals surface area contributed by atoms with Crippen molar-refractivity contribution in [3.05, 3.63) is 54.0 Å². The summed E-state index contributed by atoms with van der Waals surface area (Å²) in [5.74, 6) is 0.255. The first-order chi connectivity index (χ1) is 10.4. The molecule has 1 heterocycles. The predicted molar refractivity (Wildman–Crippen MR) is 94.1 cm³/mol. The molecule has 3 nitrogen and oxygen atoms in total. The van der Waals surface area contributed by atoms with Crippen molar-refractivity contribution < 1.29 is 9.37 Å². The fraction of sp³-hybridized carbons (Fsp3) is 0.222. The maximum absolute atomic E-state index is 13.6. The Hall–Kier alpha value is -2.20. The first kappa shape index (κ1) is 17.2. The lowest BCUT2D eigenvalue weighted by Crippen LogP contribution is -2.21. The van der Waals surface area contributed by atoms with Gasteiger partial charge in [-0.1, -0.05) is 32.9 Å². The number of fused-ring (bicyclic) bond motifs is 1. The quantitative estimate of drug-likeness (QED) is 0.680. The van der Waals surface area contributed by atoms with Crippen LogP contribution >= 0.6 is 12.4 Å². The highest BCUT2D eigenvalue weighted by Gasteiger charge is 2.27. The molecule has 0 amide bonds. The van der Waals surface area contributed by atoms with Gasteiger partial charge in [0.05, 0.1) is 10.9 Å².